The van der Waals surface area contributed by atoms with Crippen molar-refractivity contribution in [2.45, 2.75) is 285 Å². The van der Waals surface area contributed by atoms with E-state index < -0.39 is 6.10 Å². The summed E-state index contributed by atoms with van der Waals surface area (Å²) in [6.45, 7) is 11.3. The van der Waals surface area contributed by atoms with Crippen molar-refractivity contribution in [1.82, 2.24) is 0 Å². The third-order valence-corrected chi connectivity index (χ3v) is 11.5. The molecule has 0 spiro atoms. The van der Waals surface area contributed by atoms with E-state index >= 15 is 0 Å². The molecule has 0 rings (SSSR count). The van der Waals surface area contributed by atoms with Gasteiger partial charge in [0.25, 0.3) is 0 Å². The Morgan fingerprint density at radius 2 is 0.579 bits per heavy atom. The monoisotopic (exact) mass is 807 g/mol. The van der Waals surface area contributed by atoms with Gasteiger partial charge in [0.15, 0.2) is 6.10 Å². The molecule has 0 saturated heterocycles. The molecule has 6 heteroatoms. The summed E-state index contributed by atoms with van der Waals surface area (Å²) in [5, 5.41) is 0. The van der Waals surface area contributed by atoms with Gasteiger partial charge in [-0.05, 0) is 31.1 Å². The Morgan fingerprint density at radius 1 is 0.333 bits per heavy atom. The fraction of sp³-hybridized carbons (Fsp3) is 0.941. The summed E-state index contributed by atoms with van der Waals surface area (Å²) in [7, 11) is 0. The summed E-state index contributed by atoms with van der Waals surface area (Å²) in [4.78, 5) is 37.9. The van der Waals surface area contributed by atoms with Gasteiger partial charge in [-0.2, -0.15) is 0 Å². The van der Waals surface area contributed by atoms with Crippen LogP contribution in [0.25, 0.3) is 0 Å². The van der Waals surface area contributed by atoms with Crippen LogP contribution in [0.2, 0.25) is 0 Å². The fourth-order valence-corrected chi connectivity index (χ4v) is 7.64. The van der Waals surface area contributed by atoms with Gasteiger partial charge in [-0.3, -0.25) is 14.4 Å². The molecular weight excluding hydrogens is 709 g/mol. The molecule has 0 aromatic rings. The average molecular weight is 807 g/mol. The SMILES string of the molecule is CCCCCCCCCCCCCCC(=O)O[C@@H](COC(=O)CCCCCCCCCCCCCCCC(C)C)COC(=O)CCCCCCCCCCC(C)C. The second kappa shape index (κ2) is 44.0. The Bertz CT molecular complexity index is 870. The van der Waals surface area contributed by atoms with Crippen molar-refractivity contribution in [3.8, 4) is 0 Å². The number of unbranched alkanes of at least 4 members (excludes halogenated alkanes) is 30. The molecule has 0 radical (unpaired) electrons. The molecule has 0 aromatic heterocycles. The molecule has 0 aliphatic rings. The number of rotatable bonds is 45. The topological polar surface area (TPSA) is 78.9 Å². The zero-order valence-corrected chi connectivity index (χ0v) is 39.0. The maximum absolute atomic E-state index is 12.7. The minimum atomic E-state index is -0.761. The third kappa shape index (κ3) is 45.3. The van der Waals surface area contributed by atoms with Crippen molar-refractivity contribution in [2.75, 3.05) is 13.2 Å². The van der Waals surface area contributed by atoms with Crippen LogP contribution in [0.4, 0.5) is 0 Å². The standard InChI is InChI=1S/C51H98O6/c1-6-7-8-9-10-11-12-17-21-28-33-38-43-51(54)57-48(45-56-50(53)42-37-32-27-23-22-25-30-35-40-47(4)5)44-55-49(52)41-36-31-26-20-18-15-13-14-16-19-24-29-34-39-46(2)3/h46-48H,6-45H2,1-5H3/t48-/m0/s1. The van der Waals surface area contributed by atoms with Crippen LogP contribution in [0, 0.1) is 11.8 Å². The molecule has 0 unspecified atom stereocenters. The van der Waals surface area contributed by atoms with Gasteiger partial charge in [-0.25, -0.2) is 0 Å². The van der Waals surface area contributed by atoms with Crippen LogP contribution in [0.3, 0.4) is 0 Å². The summed E-state index contributed by atoms with van der Waals surface area (Å²) >= 11 is 0. The number of ether oxygens (including phenoxy) is 3. The van der Waals surface area contributed by atoms with Crippen LogP contribution in [0.1, 0.15) is 279 Å². The summed E-state index contributed by atoms with van der Waals surface area (Å²) < 4.78 is 16.8. The van der Waals surface area contributed by atoms with Crippen LogP contribution < -0.4 is 0 Å². The molecule has 0 fully saturated rings. The highest BCUT2D eigenvalue weighted by Gasteiger charge is 2.19. The minimum Gasteiger partial charge on any atom is -0.462 e. The van der Waals surface area contributed by atoms with Crippen LogP contribution in [0.15, 0.2) is 0 Å². The van der Waals surface area contributed by atoms with E-state index in [2.05, 4.69) is 34.6 Å². The van der Waals surface area contributed by atoms with E-state index in [4.69, 9.17) is 14.2 Å². The Hall–Kier alpha value is -1.59. The van der Waals surface area contributed by atoms with Gasteiger partial charge in [0, 0.05) is 19.3 Å². The van der Waals surface area contributed by atoms with Crippen LogP contribution in [-0.2, 0) is 28.6 Å². The summed E-state index contributed by atoms with van der Waals surface area (Å²) in [6, 6.07) is 0. The number of esters is 3. The smallest absolute Gasteiger partial charge is 0.306 e. The number of hydrogen-bond acceptors (Lipinski definition) is 6. The van der Waals surface area contributed by atoms with Crippen molar-refractivity contribution in [1.29, 1.82) is 0 Å². The molecule has 0 aromatic carbocycles. The van der Waals surface area contributed by atoms with Gasteiger partial charge in [-0.1, -0.05) is 240 Å². The van der Waals surface area contributed by atoms with E-state index in [1.165, 1.54) is 167 Å². The largest absolute Gasteiger partial charge is 0.462 e. The van der Waals surface area contributed by atoms with Gasteiger partial charge < -0.3 is 14.2 Å². The molecule has 0 aliphatic carbocycles. The van der Waals surface area contributed by atoms with Crippen molar-refractivity contribution in [3.63, 3.8) is 0 Å². The highest BCUT2D eigenvalue weighted by Crippen LogP contribution is 2.17. The highest BCUT2D eigenvalue weighted by atomic mass is 16.6. The zero-order chi connectivity index (χ0) is 41.9. The lowest BCUT2D eigenvalue weighted by Gasteiger charge is -2.18. The first-order valence-corrected chi connectivity index (χ1v) is 25.2. The van der Waals surface area contributed by atoms with Gasteiger partial charge in [0.1, 0.15) is 13.2 Å². The first-order valence-electron chi connectivity index (χ1n) is 25.2. The Balaban J connectivity index is 4.29. The molecule has 0 saturated carbocycles. The quantitative estimate of drug-likeness (QED) is 0.0346. The van der Waals surface area contributed by atoms with E-state index in [1.54, 1.807) is 0 Å². The molecule has 0 bridgehead atoms. The van der Waals surface area contributed by atoms with Crippen LogP contribution in [0.5, 0.6) is 0 Å². The first kappa shape index (κ1) is 55.4. The molecule has 6 nitrogen and oxygen atoms in total. The van der Waals surface area contributed by atoms with Crippen LogP contribution in [-0.4, -0.2) is 37.2 Å². The Labute approximate surface area is 355 Å². The normalized spacial score (nSPS) is 12.1. The molecule has 0 N–H and O–H groups in total. The van der Waals surface area contributed by atoms with Gasteiger partial charge >= 0.3 is 17.9 Å². The second-order valence-corrected chi connectivity index (χ2v) is 18.4. The molecule has 57 heavy (non-hydrogen) atoms. The number of carbonyl (C=O) groups excluding carboxylic acids is 3. The molecular formula is C51H98O6. The first-order chi connectivity index (χ1) is 27.7. The lowest BCUT2D eigenvalue weighted by Crippen LogP contribution is -2.30. The molecule has 338 valence electrons. The van der Waals surface area contributed by atoms with E-state index in [9.17, 15) is 14.4 Å². The molecule has 1 atom stereocenters. The summed E-state index contributed by atoms with van der Waals surface area (Å²) in [5.41, 5.74) is 0. The summed E-state index contributed by atoms with van der Waals surface area (Å²) in [5.74, 6) is 0.785. The van der Waals surface area contributed by atoms with E-state index in [1.807, 2.05) is 0 Å². The third-order valence-electron chi connectivity index (χ3n) is 11.5. The fourth-order valence-electron chi connectivity index (χ4n) is 7.64. The van der Waals surface area contributed by atoms with Crippen molar-refractivity contribution < 1.29 is 28.6 Å². The molecule has 0 aliphatic heterocycles. The predicted molar refractivity (Wildman–Crippen MR) is 243 cm³/mol. The highest BCUT2D eigenvalue weighted by molar-refractivity contribution is 5.71. The van der Waals surface area contributed by atoms with E-state index in [0.29, 0.717) is 19.3 Å². The lowest BCUT2D eigenvalue weighted by atomic mass is 10.0. The maximum Gasteiger partial charge on any atom is 0.306 e. The zero-order valence-electron chi connectivity index (χ0n) is 39.0. The number of carbonyl (C=O) groups is 3. The maximum atomic E-state index is 12.7. The van der Waals surface area contributed by atoms with Crippen molar-refractivity contribution >= 4 is 17.9 Å². The van der Waals surface area contributed by atoms with Gasteiger partial charge in [0.2, 0.25) is 0 Å². The Kier molecular flexibility index (Phi) is 42.7. The van der Waals surface area contributed by atoms with Gasteiger partial charge in [0.05, 0.1) is 0 Å². The summed E-state index contributed by atoms with van der Waals surface area (Å²) in [6.07, 6.45) is 43.7. The second-order valence-electron chi connectivity index (χ2n) is 18.4. The van der Waals surface area contributed by atoms with E-state index in [0.717, 1.165) is 69.6 Å². The van der Waals surface area contributed by atoms with E-state index in [-0.39, 0.29) is 31.1 Å². The van der Waals surface area contributed by atoms with Crippen molar-refractivity contribution in [2.24, 2.45) is 11.8 Å². The van der Waals surface area contributed by atoms with Crippen molar-refractivity contribution in [3.05, 3.63) is 0 Å². The van der Waals surface area contributed by atoms with Crippen LogP contribution >= 0.6 is 0 Å². The van der Waals surface area contributed by atoms with Gasteiger partial charge in [-0.15, -0.1) is 0 Å². The average Bonchev–Trinajstić information content (AvgIpc) is 3.18. The lowest BCUT2D eigenvalue weighted by molar-refractivity contribution is -0.167. The predicted octanol–water partition coefficient (Wildman–Crippen LogP) is 16.1. The minimum absolute atomic E-state index is 0.0641. The number of hydrogen-bond donors (Lipinski definition) is 0. The molecule has 0 heterocycles. The molecule has 0 amide bonds. The Morgan fingerprint density at radius 3 is 0.860 bits per heavy atom.